The summed E-state index contributed by atoms with van der Waals surface area (Å²) >= 11 is 0. The maximum atomic E-state index is 5.39. The molecule has 0 saturated carbocycles. The van der Waals surface area contributed by atoms with Gasteiger partial charge in [0.1, 0.15) is 5.82 Å². The molecule has 1 N–H and O–H groups in total. The minimum atomic E-state index is 0.343. The van der Waals surface area contributed by atoms with Crippen molar-refractivity contribution >= 4 is 17.6 Å². The van der Waals surface area contributed by atoms with Crippen molar-refractivity contribution in [1.82, 2.24) is 20.2 Å². The van der Waals surface area contributed by atoms with Gasteiger partial charge in [0.25, 0.3) is 0 Å². The second kappa shape index (κ2) is 7.18. The first-order valence-corrected chi connectivity index (χ1v) is 8.75. The SMILES string of the molecule is Cc1ccc(N2CCC(Nc3ccnc(N4CCOCC4)n3)C2)nn1. The molecule has 2 aliphatic rings. The van der Waals surface area contributed by atoms with E-state index in [2.05, 4.69) is 35.3 Å². The van der Waals surface area contributed by atoms with Crippen LogP contribution in [0.3, 0.4) is 0 Å². The first kappa shape index (κ1) is 16.0. The summed E-state index contributed by atoms with van der Waals surface area (Å²) in [6.07, 6.45) is 2.87. The summed E-state index contributed by atoms with van der Waals surface area (Å²) in [5.41, 5.74) is 0.939. The van der Waals surface area contributed by atoms with E-state index in [-0.39, 0.29) is 0 Å². The van der Waals surface area contributed by atoms with E-state index in [1.807, 2.05) is 31.3 Å². The lowest BCUT2D eigenvalue weighted by Crippen LogP contribution is -2.37. The van der Waals surface area contributed by atoms with Crippen molar-refractivity contribution < 1.29 is 4.74 Å². The van der Waals surface area contributed by atoms with Crippen LogP contribution in [0.1, 0.15) is 12.1 Å². The molecule has 132 valence electrons. The first-order chi connectivity index (χ1) is 12.3. The number of aromatic nitrogens is 4. The van der Waals surface area contributed by atoms with Crippen molar-refractivity contribution in [2.24, 2.45) is 0 Å². The molecule has 0 aliphatic carbocycles. The molecule has 2 aliphatic heterocycles. The van der Waals surface area contributed by atoms with Gasteiger partial charge in [-0.3, -0.25) is 0 Å². The number of hydrogen-bond acceptors (Lipinski definition) is 8. The number of nitrogens with one attached hydrogen (secondary N) is 1. The molecule has 1 atom stereocenters. The number of anilines is 3. The Hall–Kier alpha value is -2.48. The van der Waals surface area contributed by atoms with Crippen molar-refractivity contribution in [3.8, 4) is 0 Å². The average molecular weight is 341 g/mol. The Labute approximate surface area is 147 Å². The Kier molecular flexibility index (Phi) is 4.60. The van der Waals surface area contributed by atoms with E-state index < -0.39 is 0 Å². The van der Waals surface area contributed by atoms with Gasteiger partial charge in [-0.2, -0.15) is 10.1 Å². The second-order valence-corrected chi connectivity index (χ2v) is 6.45. The zero-order valence-electron chi connectivity index (χ0n) is 14.4. The lowest BCUT2D eigenvalue weighted by atomic mass is 10.2. The minimum absolute atomic E-state index is 0.343. The second-order valence-electron chi connectivity index (χ2n) is 6.45. The van der Waals surface area contributed by atoms with Crippen LogP contribution in [-0.2, 0) is 4.74 Å². The van der Waals surface area contributed by atoms with Gasteiger partial charge in [-0.1, -0.05) is 0 Å². The van der Waals surface area contributed by atoms with Crippen molar-refractivity contribution in [3.63, 3.8) is 0 Å². The van der Waals surface area contributed by atoms with Crippen molar-refractivity contribution in [2.75, 3.05) is 54.5 Å². The Morgan fingerprint density at radius 1 is 1.08 bits per heavy atom. The predicted octanol–water partition coefficient (Wildman–Crippen LogP) is 1.10. The fourth-order valence-electron chi connectivity index (χ4n) is 3.20. The highest BCUT2D eigenvalue weighted by Crippen LogP contribution is 2.20. The van der Waals surface area contributed by atoms with Gasteiger partial charge in [0, 0.05) is 38.4 Å². The largest absolute Gasteiger partial charge is 0.378 e. The van der Waals surface area contributed by atoms with Crippen molar-refractivity contribution in [2.45, 2.75) is 19.4 Å². The molecule has 0 radical (unpaired) electrons. The van der Waals surface area contributed by atoms with Gasteiger partial charge in [-0.05, 0) is 31.5 Å². The topological polar surface area (TPSA) is 79.3 Å². The fraction of sp³-hybridized carbons (Fsp3) is 0.529. The van der Waals surface area contributed by atoms with Crippen LogP contribution in [0.25, 0.3) is 0 Å². The molecule has 2 saturated heterocycles. The average Bonchev–Trinajstić information content (AvgIpc) is 3.12. The van der Waals surface area contributed by atoms with Gasteiger partial charge >= 0.3 is 0 Å². The van der Waals surface area contributed by atoms with E-state index in [4.69, 9.17) is 4.74 Å². The van der Waals surface area contributed by atoms with Crippen LogP contribution in [0.15, 0.2) is 24.4 Å². The third-order valence-electron chi connectivity index (χ3n) is 4.58. The van der Waals surface area contributed by atoms with Crippen LogP contribution < -0.4 is 15.1 Å². The summed E-state index contributed by atoms with van der Waals surface area (Å²) in [6, 6.07) is 6.31. The Bertz CT molecular complexity index is 702. The van der Waals surface area contributed by atoms with E-state index in [1.54, 1.807) is 0 Å². The summed E-state index contributed by atoms with van der Waals surface area (Å²) in [7, 11) is 0. The Balaban J connectivity index is 1.38. The maximum Gasteiger partial charge on any atom is 0.227 e. The molecule has 0 spiro atoms. The lowest BCUT2D eigenvalue weighted by molar-refractivity contribution is 0.122. The van der Waals surface area contributed by atoms with Crippen LogP contribution in [0.4, 0.5) is 17.6 Å². The molecular weight excluding hydrogens is 318 g/mol. The molecule has 1 unspecified atom stereocenters. The van der Waals surface area contributed by atoms with E-state index in [1.165, 1.54) is 0 Å². The molecule has 2 aromatic rings. The number of ether oxygens (including phenoxy) is 1. The van der Waals surface area contributed by atoms with E-state index in [0.717, 1.165) is 69.1 Å². The molecule has 2 aromatic heterocycles. The van der Waals surface area contributed by atoms with E-state index in [0.29, 0.717) is 6.04 Å². The minimum Gasteiger partial charge on any atom is -0.378 e. The Morgan fingerprint density at radius 2 is 1.96 bits per heavy atom. The van der Waals surface area contributed by atoms with Gasteiger partial charge in [0.15, 0.2) is 5.82 Å². The molecule has 2 fully saturated rings. The maximum absolute atomic E-state index is 5.39. The molecule has 4 rings (SSSR count). The standard InChI is InChI=1S/C17H23N7O/c1-13-2-3-16(22-21-13)24-7-5-14(12-24)19-15-4-6-18-17(20-15)23-8-10-25-11-9-23/h2-4,6,14H,5,7-12H2,1H3,(H,18,19,20). The van der Waals surface area contributed by atoms with Gasteiger partial charge < -0.3 is 19.9 Å². The molecule has 8 nitrogen and oxygen atoms in total. The summed E-state index contributed by atoms with van der Waals surface area (Å²) < 4.78 is 5.39. The quantitative estimate of drug-likeness (QED) is 0.886. The highest BCUT2D eigenvalue weighted by Gasteiger charge is 2.24. The third kappa shape index (κ3) is 3.79. The summed E-state index contributed by atoms with van der Waals surface area (Å²) in [5.74, 6) is 2.58. The molecular formula is C17H23N7O. The van der Waals surface area contributed by atoms with Crippen LogP contribution in [0.5, 0.6) is 0 Å². The molecule has 0 bridgehead atoms. The molecule has 0 amide bonds. The van der Waals surface area contributed by atoms with E-state index >= 15 is 0 Å². The molecule has 25 heavy (non-hydrogen) atoms. The van der Waals surface area contributed by atoms with Crippen molar-refractivity contribution in [1.29, 1.82) is 0 Å². The number of nitrogens with zero attached hydrogens (tertiary/aromatic N) is 6. The Morgan fingerprint density at radius 3 is 2.76 bits per heavy atom. The third-order valence-corrected chi connectivity index (χ3v) is 4.58. The molecule has 0 aromatic carbocycles. The highest BCUT2D eigenvalue weighted by molar-refractivity contribution is 5.45. The zero-order chi connectivity index (χ0) is 17.1. The normalized spacial score (nSPS) is 20.8. The first-order valence-electron chi connectivity index (χ1n) is 8.75. The number of morpholine rings is 1. The zero-order valence-corrected chi connectivity index (χ0v) is 14.4. The van der Waals surface area contributed by atoms with Gasteiger partial charge in [-0.25, -0.2) is 4.98 Å². The van der Waals surface area contributed by atoms with Gasteiger partial charge in [-0.15, -0.1) is 5.10 Å². The smallest absolute Gasteiger partial charge is 0.227 e. The van der Waals surface area contributed by atoms with Crippen LogP contribution in [0, 0.1) is 6.92 Å². The predicted molar refractivity (Wildman–Crippen MR) is 96.1 cm³/mol. The highest BCUT2D eigenvalue weighted by atomic mass is 16.5. The van der Waals surface area contributed by atoms with Crippen LogP contribution in [-0.4, -0.2) is 65.6 Å². The molecule has 4 heterocycles. The van der Waals surface area contributed by atoms with E-state index in [9.17, 15) is 0 Å². The summed E-state index contributed by atoms with van der Waals surface area (Å²) in [4.78, 5) is 13.5. The van der Waals surface area contributed by atoms with Crippen molar-refractivity contribution in [3.05, 3.63) is 30.1 Å². The summed E-state index contributed by atoms with van der Waals surface area (Å²) in [5, 5.41) is 12.0. The number of rotatable bonds is 4. The van der Waals surface area contributed by atoms with Crippen LogP contribution in [0.2, 0.25) is 0 Å². The van der Waals surface area contributed by atoms with Gasteiger partial charge in [0.2, 0.25) is 5.95 Å². The lowest BCUT2D eigenvalue weighted by Gasteiger charge is -2.27. The summed E-state index contributed by atoms with van der Waals surface area (Å²) in [6.45, 7) is 6.96. The number of hydrogen-bond donors (Lipinski definition) is 1. The molecule has 8 heteroatoms. The van der Waals surface area contributed by atoms with Crippen LogP contribution >= 0.6 is 0 Å². The monoisotopic (exact) mass is 341 g/mol. The number of aryl methyl sites for hydroxylation is 1. The van der Waals surface area contributed by atoms with Gasteiger partial charge in [0.05, 0.1) is 18.9 Å². The fourth-order valence-corrected chi connectivity index (χ4v) is 3.20.